The summed E-state index contributed by atoms with van der Waals surface area (Å²) in [7, 11) is -2.67. The average molecular weight is 648 g/mol. The monoisotopic (exact) mass is 647 g/mol. The number of nitrogens with zero attached hydrogens (tertiary/aromatic N) is 2. The van der Waals surface area contributed by atoms with Crippen molar-refractivity contribution in [3.8, 4) is 5.75 Å². The lowest BCUT2D eigenvalue weighted by Gasteiger charge is -2.34. The number of benzene rings is 4. The number of methoxy groups -OCH3 is 1. The zero-order valence-corrected chi connectivity index (χ0v) is 27.2. The number of carbonyl (C=O) groups excluding carboxylic acids is 2. The highest BCUT2D eigenvalue weighted by atomic mass is 35.5. The molecule has 8 nitrogen and oxygen atoms in total. The fraction of sp³-hybridized carbons (Fsp3) is 0.257. The second-order valence-corrected chi connectivity index (χ2v) is 13.0. The third-order valence-corrected chi connectivity index (χ3v) is 9.37. The molecule has 0 aliphatic rings. The van der Waals surface area contributed by atoms with Crippen molar-refractivity contribution in [3.63, 3.8) is 0 Å². The normalized spacial score (nSPS) is 11.8. The lowest BCUT2D eigenvalue weighted by molar-refractivity contribution is -0.140. The Morgan fingerprint density at radius 1 is 0.867 bits per heavy atom. The summed E-state index contributed by atoms with van der Waals surface area (Å²) in [4.78, 5) is 29.7. The Balaban J connectivity index is 1.79. The van der Waals surface area contributed by atoms with E-state index in [4.69, 9.17) is 16.3 Å². The molecule has 236 valence electrons. The molecule has 4 aromatic rings. The summed E-state index contributed by atoms with van der Waals surface area (Å²) in [6.07, 6.45) is 0.956. The Hall–Kier alpha value is -4.34. The van der Waals surface area contributed by atoms with E-state index in [9.17, 15) is 18.0 Å². The maximum atomic E-state index is 14.5. The molecule has 10 heteroatoms. The van der Waals surface area contributed by atoms with Gasteiger partial charge in [-0.1, -0.05) is 78.7 Å². The van der Waals surface area contributed by atoms with E-state index in [1.54, 1.807) is 60.7 Å². The first-order valence-electron chi connectivity index (χ1n) is 14.7. The van der Waals surface area contributed by atoms with E-state index in [0.29, 0.717) is 17.3 Å². The molecule has 0 unspecified atom stereocenters. The van der Waals surface area contributed by atoms with E-state index in [1.807, 2.05) is 44.2 Å². The zero-order valence-electron chi connectivity index (χ0n) is 25.6. The van der Waals surface area contributed by atoms with Crippen LogP contribution in [0.3, 0.4) is 0 Å². The molecule has 45 heavy (non-hydrogen) atoms. The van der Waals surface area contributed by atoms with E-state index in [0.717, 1.165) is 27.4 Å². The van der Waals surface area contributed by atoms with Crippen LogP contribution in [0.25, 0.3) is 0 Å². The number of ether oxygens (including phenoxy) is 1. The molecule has 0 aliphatic heterocycles. The molecule has 0 heterocycles. The number of halogens is 1. The number of hydrogen-bond acceptors (Lipinski definition) is 5. The van der Waals surface area contributed by atoms with Gasteiger partial charge in [0.15, 0.2) is 0 Å². The summed E-state index contributed by atoms with van der Waals surface area (Å²) < 4.78 is 34.6. The quantitative estimate of drug-likeness (QED) is 0.181. The van der Waals surface area contributed by atoms with Gasteiger partial charge < -0.3 is 15.0 Å². The molecule has 0 saturated heterocycles. The van der Waals surface area contributed by atoms with Crippen LogP contribution in [0.2, 0.25) is 5.02 Å². The summed E-state index contributed by atoms with van der Waals surface area (Å²) in [5.74, 6) is -0.318. The van der Waals surface area contributed by atoms with Crippen molar-refractivity contribution >= 4 is 39.1 Å². The Kier molecular flexibility index (Phi) is 11.6. The van der Waals surface area contributed by atoms with Crippen LogP contribution in [-0.4, -0.2) is 51.4 Å². The standard InChI is InChI=1S/C35H38ClN3O5S/c1-4-22-37-35(41)33(23-27-8-6-5-7-9-27)38(24-28-12-14-29(36)15-13-28)34(40)25-39(30-16-18-31(44-3)19-17-30)45(42,43)32-20-10-26(2)11-21-32/h5-21,33H,4,22-25H2,1-3H3,(H,37,41)/t33-/m0/s1. The number of amides is 2. The number of aryl methyl sites for hydroxylation is 1. The Bertz CT molecular complexity index is 1660. The molecule has 0 aromatic heterocycles. The second-order valence-electron chi connectivity index (χ2n) is 10.7. The van der Waals surface area contributed by atoms with Gasteiger partial charge in [0.1, 0.15) is 18.3 Å². The summed E-state index contributed by atoms with van der Waals surface area (Å²) in [6.45, 7) is 3.78. The fourth-order valence-electron chi connectivity index (χ4n) is 4.82. The molecule has 0 fully saturated rings. The molecule has 0 spiro atoms. The highest BCUT2D eigenvalue weighted by Crippen LogP contribution is 2.27. The summed E-state index contributed by atoms with van der Waals surface area (Å²) in [5.41, 5.74) is 2.79. The second kappa shape index (κ2) is 15.6. The lowest BCUT2D eigenvalue weighted by Crippen LogP contribution is -2.53. The highest BCUT2D eigenvalue weighted by molar-refractivity contribution is 7.92. The van der Waals surface area contributed by atoms with Gasteiger partial charge in [0.25, 0.3) is 10.0 Å². The van der Waals surface area contributed by atoms with E-state index >= 15 is 0 Å². The van der Waals surface area contributed by atoms with Crippen molar-refractivity contribution in [3.05, 3.63) is 125 Å². The maximum Gasteiger partial charge on any atom is 0.264 e. The first-order valence-corrected chi connectivity index (χ1v) is 16.5. The van der Waals surface area contributed by atoms with Crippen molar-refractivity contribution < 1.29 is 22.7 Å². The average Bonchev–Trinajstić information content (AvgIpc) is 3.05. The Labute approximate surface area is 270 Å². The number of anilines is 1. The van der Waals surface area contributed by atoms with Gasteiger partial charge in [0, 0.05) is 24.5 Å². The van der Waals surface area contributed by atoms with Gasteiger partial charge in [0.05, 0.1) is 17.7 Å². The molecule has 1 N–H and O–H groups in total. The van der Waals surface area contributed by atoms with Gasteiger partial charge in [-0.15, -0.1) is 0 Å². The molecule has 4 rings (SSSR count). The number of rotatable bonds is 14. The van der Waals surface area contributed by atoms with Crippen LogP contribution in [0.1, 0.15) is 30.0 Å². The summed E-state index contributed by atoms with van der Waals surface area (Å²) >= 11 is 6.14. The summed E-state index contributed by atoms with van der Waals surface area (Å²) in [6, 6.07) is 28.5. The fourth-order valence-corrected chi connectivity index (χ4v) is 6.36. The topological polar surface area (TPSA) is 96.0 Å². The van der Waals surface area contributed by atoms with Crippen LogP contribution >= 0.6 is 11.6 Å². The van der Waals surface area contributed by atoms with Crippen molar-refractivity contribution in [1.82, 2.24) is 10.2 Å². The SMILES string of the molecule is CCCNC(=O)[C@H](Cc1ccccc1)N(Cc1ccc(Cl)cc1)C(=O)CN(c1ccc(OC)cc1)S(=O)(=O)c1ccc(C)cc1. The van der Waals surface area contributed by atoms with Crippen LogP contribution in [0.15, 0.2) is 108 Å². The zero-order chi connectivity index (χ0) is 32.4. The van der Waals surface area contributed by atoms with E-state index in [1.165, 1.54) is 24.1 Å². The Morgan fingerprint density at radius 3 is 2.11 bits per heavy atom. The van der Waals surface area contributed by atoms with Crippen LogP contribution in [0.5, 0.6) is 5.75 Å². The molecule has 1 atom stereocenters. The molecule has 4 aromatic carbocycles. The first-order chi connectivity index (χ1) is 21.6. The predicted molar refractivity (Wildman–Crippen MR) is 178 cm³/mol. The van der Waals surface area contributed by atoms with Gasteiger partial charge in [-0.05, 0) is 73.0 Å². The number of nitrogens with one attached hydrogen (secondary N) is 1. The molecule has 0 aliphatic carbocycles. The smallest absolute Gasteiger partial charge is 0.264 e. The minimum atomic E-state index is -4.19. The van der Waals surface area contributed by atoms with Crippen molar-refractivity contribution in [1.29, 1.82) is 0 Å². The van der Waals surface area contributed by atoms with Gasteiger partial charge in [-0.25, -0.2) is 8.42 Å². The maximum absolute atomic E-state index is 14.5. The van der Waals surface area contributed by atoms with Gasteiger partial charge >= 0.3 is 0 Å². The van der Waals surface area contributed by atoms with Crippen LogP contribution in [0.4, 0.5) is 5.69 Å². The minimum absolute atomic E-state index is 0.0440. The van der Waals surface area contributed by atoms with Crippen LogP contribution in [0, 0.1) is 6.92 Å². The van der Waals surface area contributed by atoms with E-state index in [-0.39, 0.29) is 29.5 Å². The summed E-state index contributed by atoms with van der Waals surface area (Å²) in [5, 5.41) is 3.48. The number of hydrogen-bond donors (Lipinski definition) is 1. The largest absolute Gasteiger partial charge is 0.497 e. The van der Waals surface area contributed by atoms with Gasteiger partial charge in [-0.2, -0.15) is 0 Å². The third-order valence-electron chi connectivity index (χ3n) is 7.33. The molecule has 0 saturated carbocycles. The minimum Gasteiger partial charge on any atom is -0.497 e. The number of carbonyl (C=O) groups is 2. The third kappa shape index (κ3) is 8.86. The molecular formula is C35H38ClN3O5S. The molecular weight excluding hydrogens is 610 g/mol. The van der Waals surface area contributed by atoms with Crippen molar-refractivity contribution in [2.75, 3.05) is 24.5 Å². The van der Waals surface area contributed by atoms with E-state index in [2.05, 4.69) is 5.32 Å². The number of sulfonamides is 1. The molecule has 0 bridgehead atoms. The highest BCUT2D eigenvalue weighted by Gasteiger charge is 2.34. The first kappa shape index (κ1) is 33.6. The van der Waals surface area contributed by atoms with E-state index < -0.39 is 28.5 Å². The molecule has 0 radical (unpaired) electrons. The van der Waals surface area contributed by atoms with Gasteiger partial charge in [-0.3, -0.25) is 13.9 Å². The van der Waals surface area contributed by atoms with Gasteiger partial charge in [0.2, 0.25) is 11.8 Å². The Morgan fingerprint density at radius 2 is 1.51 bits per heavy atom. The predicted octanol–water partition coefficient (Wildman–Crippen LogP) is 6.02. The van der Waals surface area contributed by atoms with Crippen molar-refractivity contribution in [2.45, 2.75) is 44.2 Å². The van der Waals surface area contributed by atoms with Crippen LogP contribution < -0.4 is 14.4 Å². The molecule has 2 amide bonds. The van der Waals surface area contributed by atoms with Crippen molar-refractivity contribution in [2.24, 2.45) is 0 Å². The van der Waals surface area contributed by atoms with Crippen LogP contribution in [-0.2, 0) is 32.6 Å². The lowest BCUT2D eigenvalue weighted by atomic mass is 10.0.